The van der Waals surface area contributed by atoms with Gasteiger partial charge in [0.1, 0.15) is 24.8 Å². The summed E-state index contributed by atoms with van der Waals surface area (Å²) in [4.78, 5) is 15.4. The number of carboxylic acid groups (broad SMARTS) is 1. The number of nitrogens with zero attached hydrogens (tertiary/aromatic N) is 1. The smallest absolute Gasteiger partial charge is 0.341 e. The minimum atomic E-state index is -1.05. The normalized spacial score (nSPS) is 10.7. The van der Waals surface area contributed by atoms with Crippen LogP contribution in [0.4, 0.5) is 4.39 Å². The van der Waals surface area contributed by atoms with Gasteiger partial charge in [0.15, 0.2) is 18.1 Å². The Bertz CT molecular complexity index is 1290. The van der Waals surface area contributed by atoms with Gasteiger partial charge in [-0.2, -0.15) is 0 Å². The molecule has 3 aromatic carbocycles. The van der Waals surface area contributed by atoms with E-state index in [1.54, 1.807) is 12.1 Å². The van der Waals surface area contributed by atoms with Crippen molar-refractivity contribution in [2.24, 2.45) is 0 Å². The molecule has 0 unspecified atom stereocenters. The number of ether oxygens (including phenoxy) is 3. The van der Waals surface area contributed by atoms with Crippen LogP contribution >= 0.6 is 0 Å². The molecular formula is C26H22FNO5. The Morgan fingerprint density at radius 2 is 1.79 bits per heavy atom. The van der Waals surface area contributed by atoms with Crippen molar-refractivity contribution in [3.8, 4) is 17.2 Å². The number of rotatable bonds is 9. The van der Waals surface area contributed by atoms with Gasteiger partial charge in [-0.05, 0) is 60.5 Å². The number of carbonyl (C=O) groups is 1. The summed E-state index contributed by atoms with van der Waals surface area (Å²) >= 11 is 0. The molecule has 0 bridgehead atoms. The zero-order chi connectivity index (χ0) is 23.2. The molecule has 1 aromatic heterocycles. The highest BCUT2D eigenvalue weighted by Crippen LogP contribution is 2.31. The van der Waals surface area contributed by atoms with Crippen molar-refractivity contribution in [3.05, 3.63) is 95.4 Å². The van der Waals surface area contributed by atoms with E-state index in [-0.39, 0.29) is 19.0 Å². The first kappa shape index (κ1) is 22.1. The van der Waals surface area contributed by atoms with E-state index >= 15 is 0 Å². The molecule has 0 aliphatic rings. The highest BCUT2D eigenvalue weighted by molar-refractivity contribution is 5.78. The van der Waals surface area contributed by atoms with E-state index in [2.05, 4.69) is 4.98 Å². The van der Waals surface area contributed by atoms with Gasteiger partial charge in [0.25, 0.3) is 0 Å². The molecule has 6 nitrogen and oxygen atoms in total. The van der Waals surface area contributed by atoms with Crippen LogP contribution in [0.3, 0.4) is 0 Å². The van der Waals surface area contributed by atoms with Crippen molar-refractivity contribution in [1.29, 1.82) is 0 Å². The molecule has 168 valence electrons. The number of aryl methyl sites for hydroxylation is 1. The predicted molar refractivity (Wildman–Crippen MR) is 121 cm³/mol. The van der Waals surface area contributed by atoms with Crippen molar-refractivity contribution in [1.82, 2.24) is 4.98 Å². The molecule has 4 aromatic rings. The highest BCUT2D eigenvalue weighted by atomic mass is 19.1. The zero-order valence-corrected chi connectivity index (χ0v) is 18.0. The summed E-state index contributed by atoms with van der Waals surface area (Å²) < 4.78 is 30.5. The maximum Gasteiger partial charge on any atom is 0.341 e. The van der Waals surface area contributed by atoms with Crippen LogP contribution in [0.2, 0.25) is 0 Å². The predicted octanol–water partition coefficient (Wildman–Crippen LogP) is 5.30. The quantitative estimate of drug-likeness (QED) is 0.375. The van der Waals surface area contributed by atoms with E-state index in [0.717, 1.165) is 22.2 Å². The SMILES string of the molecule is Cc1cccc(OCc2cccc(OCc3ccc4cc(F)ccc4n3)c2)c1OCC(=O)O. The summed E-state index contributed by atoms with van der Waals surface area (Å²) in [6.45, 7) is 1.91. The molecule has 0 saturated heterocycles. The molecule has 0 radical (unpaired) electrons. The van der Waals surface area contributed by atoms with Crippen LogP contribution in [-0.4, -0.2) is 22.7 Å². The van der Waals surface area contributed by atoms with Crippen molar-refractivity contribution >= 4 is 16.9 Å². The van der Waals surface area contributed by atoms with E-state index in [1.807, 2.05) is 55.5 Å². The van der Waals surface area contributed by atoms with Gasteiger partial charge >= 0.3 is 5.97 Å². The lowest BCUT2D eigenvalue weighted by Gasteiger charge is -2.14. The fourth-order valence-electron chi connectivity index (χ4n) is 3.32. The van der Waals surface area contributed by atoms with Crippen LogP contribution in [0, 0.1) is 12.7 Å². The molecule has 33 heavy (non-hydrogen) atoms. The molecular weight excluding hydrogens is 425 g/mol. The molecule has 0 atom stereocenters. The number of hydrogen-bond acceptors (Lipinski definition) is 5. The lowest BCUT2D eigenvalue weighted by molar-refractivity contribution is -0.139. The highest BCUT2D eigenvalue weighted by Gasteiger charge is 2.11. The number of hydrogen-bond donors (Lipinski definition) is 1. The van der Waals surface area contributed by atoms with E-state index in [1.165, 1.54) is 12.1 Å². The van der Waals surface area contributed by atoms with E-state index in [4.69, 9.17) is 19.3 Å². The maximum atomic E-state index is 13.3. The van der Waals surface area contributed by atoms with Crippen LogP contribution in [0.5, 0.6) is 17.2 Å². The number of halogens is 1. The van der Waals surface area contributed by atoms with Crippen LogP contribution in [-0.2, 0) is 18.0 Å². The lowest BCUT2D eigenvalue weighted by Crippen LogP contribution is -2.11. The van der Waals surface area contributed by atoms with Crippen molar-refractivity contribution in [3.63, 3.8) is 0 Å². The van der Waals surface area contributed by atoms with Crippen molar-refractivity contribution < 1.29 is 28.5 Å². The summed E-state index contributed by atoms with van der Waals surface area (Å²) in [6.07, 6.45) is 0. The molecule has 0 saturated carbocycles. The Hall–Kier alpha value is -4.13. The Labute approximate surface area is 190 Å². The number of benzene rings is 3. The van der Waals surface area contributed by atoms with Crippen LogP contribution in [0.1, 0.15) is 16.8 Å². The first-order valence-electron chi connectivity index (χ1n) is 10.3. The van der Waals surface area contributed by atoms with E-state index < -0.39 is 12.6 Å². The zero-order valence-electron chi connectivity index (χ0n) is 18.0. The average Bonchev–Trinajstić information content (AvgIpc) is 2.81. The third-order valence-corrected chi connectivity index (χ3v) is 4.90. The van der Waals surface area contributed by atoms with E-state index in [0.29, 0.717) is 22.8 Å². The Balaban J connectivity index is 1.40. The fourth-order valence-corrected chi connectivity index (χ4v) is 3.32. The fraction of sp³-hybridized carbons (Fsp3) is 0.154. The molecule has 1 N–H and O–H groups in total. The number of fused-ring (bicyclic) bond motifs is 1. The monoisotopic (exact) mass is 447 g/mol. The van der Waals surface area contributed by atoms with E-state index in [9.17, 15) is 9.18 Å². The number of pyridine rings is 1. The Morgan fingerprint density at radius 3 is 2.64 bits per heavy atom. The topological polar surface area (TPSA) is 77.9 Å². The van der Waals surface area contributed by atoms with Gasteiger partial charge in [-0.25, -0.2) is 14.2 Å². The summed E-state index contributed by atoms with van der Waals surface area (Å²) in [7, 11) is 0. The second-order valence-corrected chi connectivity index (χ2v) is 7.45. The van der Waals surface area contributed by atoms with Crippen molar-refractivity contribution in [2.45, 2.75) is 20.1 Å². The number of aliphatic carboxylic acids is 1. The standard InChI is InChI=1S/C26H22FNO5/c1-17-4-2-7-24(26(17)33-16-25(29)30)32-14-18-5-3-6-22(12-18)31-15-21-10-8-19-13-20(27)9-11-23(19)28-21/h2-13H,14-16H2,1H3,(H,29,30). The number of para-hydroxylation sites is 1. The second-order valence-electron chi connectivity index (χ2n) is 7.45. The summed E-state index contributed by atoms with van der Waals surface area (Å²) in [5.74, 6) is 0.193. The van der Waals surface area contributed by atoms with Crippen LogP contribution in [0.25, 0.3) is 10.9 Å². The molecule has 0 aliphatic heterocycles. The Kier molecular flexibility index (Phi) is 6.69. The molecule has 0 aliphatic carbocycles. The molecule has 1 heterocycles. The lowest BCUT2D eigenvalue weighted by atomic mass is 10.2. The molecule has 0 fully saturated rings. The summed E-state index contributed by atoms with van der Waals surface area (Å²) in [6, 6.07) is 21.0. The minimum absolute atomic E-state index is 0.254. The number of aromatic nitrogens is 1. The Morgan fingerprint density at radius 1 is 0.939 bits per heavy atom. The summed E-state index contributed by atoms with van der Waals surface area (Å²) in [5.41, 5.74) is 3.10. The third-order valence-electron chi connectivity index (χ3n) is 4.90. The molecule has 7 heteroatoms. The number of carboxylic acids is 1. The van der Waals surface area contributed by atoms with Gasteiger partial charge in [0, 0.05) is 5.39 Å². The second kappa shape index (κ2) is 9.99. The van der Waals surface area contributed by atoms with Gasteiger partial charge in [0.05, 0.1) is 11.2 Å². The van der Waals surface area contributed by atoms with Crippen LogP contribution in [0.15, 0.2) is 72.8 Å². The van der Waals surface area contributed by atoms with Gasteiger partial charge in [-0.1, -0.05) is 30.3 Å². The van der Waals surface area contributed by atoms with Crippen LogP contribution < -0.4 is 14.2 Å². The summed E-state index contributed by atoms with van der Waals surface area (Å²) in [5, 5.41) is 9.63. The molecule has 0 amide bonds. The largest absolute Gasteiger partial charge is 0.487 e. The van der Waals surface area contributed by atoms with Gasteiger partial charge in [-0.3, -0.25) is 0 Å². The first-order valence-corrected chi connectivity index (χ1v) is 10.3. The average molecular weight is 447 g/mol. The van der Waals surface area contributed by atoms with Crippen molar-refractivity contribution in [2.75, 3.05) is 6.61 Å². The van der Waals surface area contributed by atoms with Gasteiger partial charge in [-0.15, -0.1) is 0 Å². The minimum Gasteiger partial charge on any atom is -0.487 e. The maximum absolute atomic E-state index is 13.3. The third kappa shape index (κ3) is 5.77. The van der Waals surface area contributed by atoms with Gasteiger partial charge in [0.2, 0.25) is 0 Å². The molecule has 4 rings (SSSR count). The first-order chi connectivity index (χ1) is 16.0. The molecule has 0 spiro atoms. The van der Waals surface area contributed by atoms with Gasteiger partial charge < -0.3 is 19.3 Å².